The predicted molar refractivity (Wildman–Crippen MR) is 152 cm³/mol. The van der Waals surface area contributed by atoms with E-state index in [0.29, 0.717) is 21.7 Å². The average molecular weight is 688 g/mol. The topological polar surface area (TPSA) is 119 Å². The molecule has 0 amide bonds. The lowest BCUT2D eigenvalue weighted by atomic mass is 9.97. The van der Waals surface area contributed by atoms with E-state index in [-0.39, 0.29) is 0 Å². The molecule has 0 aliphatic carbocycles. The quantitative estimate of drug-likeness (QED) is 0.196. The summed E-state index contributed by atoms with van der Waals surface area (Å²) in [5, 5.41) is 1.19. The zero-order chi connectivity index (χ0) is 32.0. The summed E-state index contributed by atoms with van der Waals surface area (Å²) in [5.41, 5.74) is 1.93. The Kier molecular flexibility index (Phi) is 7.73. The van der Waals surface area contributed by atoms with Gasteiger partial charge in [-0.2, -0.15) is 0 Å². The monoisotopic (exact) mass is 687 g/mol. The van der Waals surface area contributed by atoms with Crippen molar-refractivity contribution in [2.75, 3.05) is 6.61 Å². The molecular weight excluding hydrogens is 657 g/mol. The minimum atomic E-state index is -1.61. The number of carbonyl (C=O) groups excluding carboxylic acids is 4. The number of rotatable bonds is 7. The number of ether oxygens (including phenoxy) is 5. The Morgan fingerprint density at radius 2 is 1.55 bits per heavy atom. The number of para-hydroxylation sites is 1. The summed E-state index contributed by atoms with van der Waals surface area (Å²) in [6, 6.07) is 12.7. The molecule has 5 atom stereocenters. The fourth-order valence-electron chi connectivity index (χ4n) is 4.62. The first kappa shape index (κ1) is 24.6. The van der Waals surface area contributed by atoms with Crippen LogP contribution in [0.3, 0.4) is 0 Å². The first-order valence-corrected chi connectivity index (χ1v) is 13.2. The molecule has 0 radical (unpaired) electrons. The second-order valence-corrected chi connectivity index (χ2v) is 10.4. The van der Waals surface area contributed by atoms with Crippen molar-refractivity contribution < 1.29 is 48.3 Å². The molecule has 12 heteroatoms. The molecule has 0 spiro atoms. The van der Waals surface area contributed by atoms with Crippen LogP contribution in [0.5, 0.6) is 0 Å². The Morgan fingerprint density at radius 3 is 2.23 bits per heavy atom. The van der Waals surface area contributed by atoms with Gasteiger partial charge in [-0.05, 0) is 40.8 Å². The Labute approximate surface area is 254 Å². The average Bonchev–Trinajstić information content (AvgIpc) is 3.40. The normalized spacial score (nSPS) is 23.7. The van der Waals surface area contributed by atoms with Crippen LogP contribution in [0.2, 0.25) is 5.02 Å². The first-order chi connectivity index (χ1) is 21.1. The molecule has 1 aliphatic heterocycles. The number of esters is 4. The highest BCUT2D eigenvalue weighted by atomic mass is 127. The van der Waals surface area contributed by atoms with E-state index in [2.05, 4.69) is 22.6 Å². The third-order valence-electron chi connectivity index (χ3n) is 6.06. The summed E-state index contributed by atoms with van der Waals surface area (Å²) < 4.78 is 60.2. The van der Waals surface area contributed by atoms with Crippen LogP contribution in [0.15, 0.2) is 48.7 Å². The molecule has 0 N–H and O–H groups in total. The number of aromatic nitrogens is 1. The van der Waals surface area contributed by atoms with Crippen molar-refractivity contribution in [2.24, 2.45) is 0 Å². The molecule has 1 saturated heterocycles. The van der Waals surface area contributed by atoms with Crippen molar-refractivity contribution in [1.82, 2.24) is 4.57 Å². The van der Waals surface area contributed by atoms with Gasteiger partial charge in [-0.1, -0.05) is 35.9 Å². The largest absolute Gasteiger partial charge is 0.463 e. The van der Waals surface area contributed by atoms with Crippen LogP contribution >= 0.6 is 34.2 Å². The summed E-state index contributed by atoms with van der Waals surface area (Å²) in [6.45, 7) is -3.73. The standard InChI is InChI=1S/C28H27ClINO9/c1-14(32)36-13-24-25(37-15(2)33)26(38-16(3)34)27(39-17(4)35)28(40-24)31-12-21(20-7-5-6-8-23(20)31)19-10-9-18(30)11-22(19)29/h5-12,24-28H,13H2,1-4H3/t24-,25-,26+,27-,28?/m1/s1/i1D,2D,3D,4D. The molecule has 1 unspecified atom stereocenters. The minimum Gasteiger partial charge on any atom is -0.463 e. The molecule has 1 fully saturated rings. The van der Waals surface area contributed by atoms with Crippen LogP contribution in [-0.4, -0.2) is 59.5 Å². The van der Waals surface area contributed by atoms with Crippen LogP contribution in [0.1, 0.15) is 39.3 Å². The highest BCUT2D eigenvalue weighted by molar-refractivity contribution is 14.1. The Morgan fingerprint density at radius 1 is 0.900 bits per heavy atom. The van der Waals surface area contributed by atoms with Gasteiger partial charge in [-0.25, -0.2) is 0 Å². The van der Waals surface area contributed by atoms with E-state index in [1.54, 1.807) is 29.0 Å². The first-order valence-electron chi connectivity index (χ1n) is 14.6. The van der Waals surface area contributed by atoms with Gasteiger partial charge in [0.1, 0.15) is 12.7 Å². The fraction of sp³-hybridized carbons (Fsp3) is 0.357. The Balaban J connectivity index is 1.92. The summed E-state index contributed by atoms with van der Waals surface area (Å²) in [6.07, 6.45) is -5.67. The summed E-state index contributed by atoms with van der Waals surface area (Å²) in [7, 11) is 0. The molecule has 40 heavy (non-hydrogen) atoms. The van der Waals surface area contributed by atoms with Crippen molar-refractivity contribution >= 4 is 69.0 Å². The Hall–Kier alpha value is -3.16. The van der Waals surface area contributed by atoms with Crippen LogP contribution in [0.25, 0.3) is 22.0 Å². The maximum absolute atomic E-state index is 12.5. The van der Waals surface area contributed by atoms with E-state index in [0.717, 1.165) is 8.96 Å². The van der Waals surface area contributed by atoms with Crippen molar-refractivity contribution in [3.8, 4) is 11.1 Å². The molecule has 2 aromatic carbocycles. The van der Waals surface area contributed by atoms with Gasteiger partial charge in [-0.3, -0.25) is 19.2 Å². The number of halogens is 2. The number of hydrogen-bond donors (Lipinski definition) is 0. The fourth-order valence-corrected chi connectivity index (χ4v) is 5.58. The van der Waals surface area contributed by atoms with Gasteiger partial charge in [0.2, 0.25) is 0 Å². The van der Waals surface area contributed by atoms with Crippen LogP contribution in [-0.2, 0) is 42.9 Å². The number of nitrogens with zero attached hydrogens (tertiary/aromatic N) is 1. The van der Waals surface area contributed by atoms with E-state index in [1.807, 2.05) is 24.3 Å². The lowest BCUT2D eigenvalue weighted by molar-refractivity contribution is -0.267. The minimum absolute atomic E-state index is 0.464. The lowest BCUT2D eigenvalue weighted by Gasteiger charge is -2.44. The number of fused-ring (bicyclic) bond motifs is 1. The molecule has 1 aromatic heterocycles. The maximum Gasteiger partial charge on any atom is 0.303 e. The van der Waals surface area contributed by atoms with E-state index >= 15 is 0 Å². The van der Waals surface area contributed by atoms with Gasteiger partial charge in [0.15, 0.2) is 24.5 Å². The number of hydrogen-bond acceptors (Lipinski definition) is 9. The van der Waals surface area contributed by atoms with Gasteiger partial charge >= 0.3 is 23.9 Å². The number of benzene rings is 2. The molecule has 212 valence electrons. The van der Waals surface area contributed by atoms with Gasteiger partial charge in [-0.15, -0.1) is 0 Å². The van der Waals surface area contributed by atoms with Crippen LogP contribution in [0.4, 0.5) is 0 Å². The molecule has 10 nitrogen and oxygen atoms in total. The summed E-state index contributed by atoms with van der Waals surface area (Å²) in [5.74, 6) is -4.04. The molecule has 1 aliphatic rings. The zero-order valence-electron chi connectivity index (χ0n) is 24.9. The second-order valence-electron chi connectivity index (χ2n) is 8.70. The third kappa shape index (κ3) is 6.58. The van der Waals surface area contributed by atoms with Crippen LogP contribution in [0, 0.1) is 3.57 Å². The second kappa shape index (κ2) is 12.6. The highest BCUT2D eigenvalue weighted by Gasteiger charge is 2.53. The molecule has 4 rings (SSSR count). The smallest absolute Gasteiger partial charge is 0.303 e. The SMILES string of the molecule is [2H]CC(=O)OC[C@H]1OC(n2cc(-c3ccc(I)cc3Cl)c3ccccc32)[C@H](OC(=O)C[2H])[C@@H](OC(=O)C[2H])[C@@H]1OC(=O)C[2H]. The Bertz CT molecular complexity index is 1540. The number of carbonyl (C=O) groups is 4. The van der Waals surface area contributed by atoms with Crippen molar-refractivity contribution in [3.63, 3.8) is 0 Å². The van der Waals surface area contributed by atoms with E-state index in [9.17, 15) is 19.2 Å². The van der Waals surface area contributed by atoms with Crippen molar-refractivity contribution in [1.29, 1.82) is 0 Å². The lowest BCUT2D eigenvalue weighted by Crippen LogP contribution is -2.60. The van der Waals surface area contributed by atoms with Crippen molar-refractivity contribution in [2.45, 2.75) is 58.2 Å². The van der Waals surface area contributed by atoms with Gasteiger partial charge in [0, 0.05) is 64.4 Å². The molecular formula is C28H27ClINO9. The highest BCUT2D eigenvalue weighted by Crippen LogP contribution is 2.41. The van der Waals surface area contributed by atoms with Crippen molar-refractivity contribution in [3.05, 3.63) is 57.3 Å². The molecule has 0 saturated carbocycles. The summed E-state index contributed by atoms with van der Waals surface area (Å²) >= 11 is 8.76. The van der Waals surface area contributed by atoms with Gasteiger partial charge < -0.3 is 28.3 Å². The third-order valence-corrected chi connectivity index (χ3v) is 7.04. The van der Waals surface area contributed by atoms with E-state index in [1.165, 1.54) is 0 Å². The zero-order valence-corrected chi connectivity index (χ0v) is 23.8. The predicted octanol–water partition coefficient (Wildman–Crippen LogP) is 4.82. The maximum atomic E-state index is 12.5. The van der Waals surface area contributed by atoms with E-state index in [4.69, 9.17) is 40.8 Å². The molecule has 0 bridgehead atoms. The van der Waals surface area contributed by atoms with Gasteiger partial charge in [0.25, 0.3) is 0 Å². The molecule has 3 aromatic rings. The van der Waals surface area contributed by atoms with Gasteiger partial charge in [0.05, 0.1) is 5.52 Å². The summed E-state index contributed by atoms with van der Waals surface area (Å²) in [4.78, 5) is 49.2. The molecule has 2 heterocycles. The van der Waals surface area contributed by atoms with Crippen LogP contribution < -0.4 is 0 Å². The van der Waals surface area contributed by atoms with E-state index < -0.39 is 88.7 Å².